The van der Waals surface area contributed by atoms with Gasteiger partial charge in [0, 0.05) is 5.56 Å². The Labute approximate surface area is 93.4 Å². The van der Waals surface area contributed by atoms with E-state index in [1.807, 2.05) is 30.3 Å². The average Bonchev–Trinajstić information content (AvgIpc) is 2.29. The topological polar surface area (TPSA) is 60.1 Å². The molecule has 4 heteroatoms. The molecule has 1 N–H and O–H groups in total. The quantitative estimate of drug-likeness (QED) is 0.610. The lowest BCUT2D eigenvalue weighted by atomic mass is 10.1. The highest BCUT2D eigenvalue weighted by Crippen LogP contribution is 2.15. The number of benzene rings is 1. The third-order valence-corrected chi connectivity index (χ3v) is 2.33. The van der Waals surface area contributed by atoms with E-state index in [0.29, 0.717) is 10.4 Å². The second kappa shape index (κ2) is 4.28. The van der Waals surface area contributed by atoms with Crippen LogP contribution in [0.25, 0.3) is 11.3 Å². The van der Waals surface area contributed by atoms with Crippen molar-refractivity contribution in [3.8, 4) is 11.3 Å². The van der Waals surface area contributed by atoms with Gasteiger partial charge < -0.3 is 10.3 Å². The van der Waals surface area contributed by atoms with Gasteiger partial charge >= 0.3 is 0 Å². The molecule has 0 radical (unpaired) electrons. The van der Waals surface area contributed by atoms with E-state index in [0.717, 1.165) is 5.56 Å². The van der Waals surface area contributed by atoms with Crippen LogP contribution in [0.4, 0.5) is 0 Å². The molecule has 0 saturated heterocycles. The summed E-state index contributed by atoms with van der Waals surface area (Å²) in [6.45, 7) is 1.54. The standard InChI is InChI=1S/C12H12N2O2/c1-9(15)12-7-13-11(8-14(12)16)10-5-3-2-4-6-10/h2-9,15H,1H3. The third kappa shape index (κ3) is 2.01. The summed E-state index contributed by atoms with van der Waals surface area (Å²) >= 11 is 0. The van der Waals surface area contributed by atoms with Gasteiger partial charge in [0.2, 0.25) is 11.9 Å². The summed E-state index contributed by atoms with van der Waals surface area (Å²) in [5, 5.41) is 20.9. The number of hydrogen-bond acceptors (Lipinski definition) is 3. The van der Waals surface area contributed by atoms with Crippen LogP contribution in [0.1, 0.15) is 18.7 Å². The Hall–Kier alpha value is -1.94. The van der Waals surface area contributed by atoms with Crippen molar-refractivity contribution in [2.75, 3.05) is 0 Å². The molecule has 2 aromatic rings. The molecule has 0 aliphatic heterocycles. The molecular formula is C12H12N2O2. The maximum atomic E-state index is 11.6. The van der Waals surface area contributed by atoms with Crippen molar-refractivity contribution in [2.24, 2.45) is 0 Å². The van der Waals surface area contributed by atoms with Crippen molar-refractivity contribution in [3.05, 3.63) is 53.6 Å². The van der Waals surface area contributed by atoms with Crippen LogP contribution in [-0.2, 0) is 0 Å². The third-order valence-electron chi connectivity index (χ3n) is 2.33. The first-order valence-electron chi connectivity index (χ1n) is 5.01. The van der Waals surface area contributed by atoms with Gasteiger partial charge in [-0.25, -0.2) is 4.98 Å². The fraction of sp³-hybridized carbons (Fsp3) is 0.167. The summed E-state index contributed by atoms with van der Waals surface area (Å²) in [6.07, 6.45) is 1.96. The van der Waals surface area contributed by atoms with Crippen LogP contribution in [0, 0.1) is 5.21 Å². The fourth-order valence-electron chi connectivity index (χ4n) is 1.46. The number of nitrogens with zero attached hydrogens (tertiary/aromatic N) is 2. The van der Waals surface area contributed by atoms with Gasteiger partial charge in [0.05, 0.1) is 6.20 Å². The zero-order chi connectivity index (χ0) is 11.5. The molecule has 1 unspecified atom stereocenters. The Morgan fingerprint density at radius 1 is 1.31 bits per heavy atom. The average molecular weight is 216 g/mol. The summed E-state index contributed by atoms with van der Waals surface area (Å²) in [7, 11) is 0. The minimum Gasteiger partial charge on any atom is -0.618 e. The minimum absolute atomic E-state index is 0.250. The van der Waals surface area contributed by atoms with E-state index in [2.05, 4.69) is 4.98 Å². The Morgan fingerprint density at radius 3 is 2.56 bits per heavy atom. The second-order valence-electron chi connectivity index (χ2n) is 3.57. The molecule has 0 fully saturated rings. The van der Waals surface area contributed by atoms with Crippen LogP contribution in [0.5, 0.6) is 0 Å². The van der Waals surface area contributed by atoms with Crippen molar-refractivity contribution in [3.63, 3.8) is 0 Å². The number of aliphatic hydroxyl groups excluding tert-OH is 1. The van der Waals surface area contributed by atoms with Crippen LogP contribution in [-0.4, -0.2) is 10.1 Å². The summed E-state index contributed by atoms with van der Waals surface area (Å²) < 4.78 is 0.653. The Balaban J connectivity index is 2.43. The van der Waals surface area contributed by atoms with Crippen molar-refractivity contribution in [2.45, 2.75) is 13.0 Å². The lowest BCUT2D eigenvalue weighted by molar-refractivity contribution is -0.618. The number of rotatable bonds is 2. The fourth-order valence-corrected chi connectivity index (χ4v) is 1.46. The van der Waals surface area contributed by atoms with Gasteiger partial charge in [-0.3, -0.25) is 0 Å². The molecule has 0 aliphatic carbocycles. The first-order chi connectivity index (χ1) is 7.68. The van der Waals surface area contributed by atoms with E-state index in [-0.39, 0.29) is 5.69 Å². The molecule has 82 valence electrons. The lowest BCUT2D eigenvalue weighted by Gasteiger charge is -2.07. The van der Waals surface area contributed by atoms with E-state index in [9.17, 15) is 10.3 Å². The number of hydrogen-bond donors (Lipinski definition) is 1. The molecule has 1 atom stereocenters. The van der Waals surface area contributed by atoms with Gasteiger partial charge in [-0.1, -0.05) is 30.3 Å². The maximum absolute atomic E-state index is 11.6. The Bertz CT molecular complexity index is 484. The summed E-state index contributed by atoms with van der Waals surface area (Å²) in [6, 6.07) is 9.43. The van der Waals surface area contributed by atoms with Crippen LogP contribution >= 0.6 is 0 Å². The lowest BCUT2D eigenvalue weighted by Crippen LogP contribution is -2.33. The maximum Gasteiger partial charge on any atom is 0.239 e. The smallest absolute Gasteiger partial charge is 0.239 e. The SMILES string of the molecule is CC(O)c1cnc(-c2ccccc2)c[n+]1[O-]. The van der Waals surface area contributed by atoms with Crippen LogP contribution < -0.4 is 4.73 Å². The highest BCUT2D eigenvalue weighted by Gasteiger charge is 2.13. The molecule has 1 aromatic heterocycles. The molecule has 16 heavy (non-hydrogen) atoms. The molecule has 0 aliphatic rings. The van der Waals surface area contributed by atoms with E-state index in [1.165, 1.54) is 19.3 Å². The van der Waals surface area contributed by atoms with Gasteiger partial charge in [-0.05, 0) is 6.92 Å². The molecule has 0 amide bonds. The number of aromatic nitrogens is 2. The minimum atomic E-state index is -0.810. The monoisotopic (exact) mass is 216 g/mol. The summed E-state index contributed by atoms with van der Waals surface area (Å²) in [5.41, 5.74) is 1.73. The highest BCUT2D eigenvalue weighted by molar-refractivity contribution is 5.56. The largest absolute Gasteiger partial charge is 0.618 e. The molecule has 1 aromatic carbocycles. The summed E-state index contributed by atoms with van der Waals surface area (Å²) in [5.74, 6) is 0. The zero-order valence-electron chi connectivity index (χ0n) is 8.87. The number of aliphatic hydroxyl groups is 1. The zero-order valence-corrected chi connectivity index (χ0v) is 8.87. The van der Waals surface area contributed by atoms with Crippen molar-refractivity contribution in [1.82, 2.24) is 4.98 Å². The molecule has 4 nitrogen and oxygen atoms in total. The van der Waals surface area contributed by atoms with Crippen LogP contribution in [0.2, 0.25) is 0 Å². The van der Waals surface area contributed by atoms with Crippen LogP contribution in [0.15, 0.2) is 42.7 Å². The predicted molar refractivity (Wildman–Crippen MR) is 59.3 cm³/mol. The van der Waals surface area contributed by atoms with Gasteiger partial charge in [0.25, 0.3) is 0 Å². The molecule has 0 spiro atoms. The first kappa shape index (κ1) is 10.6. The Kier molecular flexibility index (Phi) is 2.83. The van der Waals surface area contributed by atoms with Crippen LogP contribution in [0.3, 0.4) is 0 Å². The second-order valence-corrected chi connectivity index (χ2v) is 3.57. The van der Waals surface area contributed by atoms with Gasteiger partial charge in [0.15, 0.2) is 0 Å². The van der Waals surface area contributed by atoms with Gasteiger partial charge in [-0.2, -0.15) is 4.73 Å². The first-order valence-corrected chi connectivity index (χ1v) is 5.01. The van der Waals surface area contributed by atoms with Crippen molar-refractivity contribution in [1.29, 1.82) is 0 Å². The van der Waals surface area contributed by atoms with E-state index < -0.39 is 6.10 Å². The van der Waals surface area contributed by atoms with E-state index in [4.69, 9.17) is 0 Å². The van der Waals surface area contributed by atoms with Gasteiger partial charge in [-0.15, -0.1) is 0 Å². The van der Waals surface area contributed by atoms with E-state index >= 15 is 0 Å². The molecular weight excluding hydrogens is 204 g/mol. The molecule has 0 saturated carbocycles. The molecule has 2 rings (SSSR count). The normalized spacial score (nSPS) is 12.4. The Morgan fingerprint density at radius 2 is 2.00 bits per heavy atom. The molecule has 0 bridgehead atoms. The highest BCUT2D eigenvalue weighted by atomic mass is 16.5. The van der Waals surface area contributed by atoms with Gasteiger partial charge in [0.1, 0.15) is 11.8 Å². The van der Waals surface area contributed by atoms with E-state index in [1.54, 1.807) is 0 Å². The predicted octanol–water partition coefficient (Wildman–Crippen LogP) is 1.44. The van der Waals surface area contributed by atoms with Crippen molar-refractivity contribution >= 4 is 0 Å². The molecule has 1 heterocycles. The summed E-state index contributed by atoms with van der Waals surface area (Å²) in [4.78, 5) is 4.15. The van der Waals surface area contributed by atoms with Crippen molar-refractivity contribution < 1.29 is 9.84 Å².